The summed E-state index contributed by atoms with van der Waals surface area (Å²) >= 11 is 0. The minimum atomic E-state index is -0.310. The number of hydrogen-bond acceptors (Lipinski definition) is 2. The van der Waals surface area contributed by atoms with Crippen molar-refractivity contribution in [1.29, 1.82) is 0 Å². The van der Waals surface area contributed by atoms with E-state index in [-0.39, 0.29) is 12.2 Å². The van der Waals surface area contributed by atoms with Gasteiger partial charge in [-0.2, -0.15) is 0 Å². The Balaban J connectivity index is 2.07. The molecule has 0 bridgehead atoms. The molecule has 0 aromatic heterocycles. The highest BCUT2D eigenvalue weighted by Crippen LogP contribution is 2.20. The summed E-state index contributed by atoms with van der Waals surface area (Å²) in [4.78, 5) is 0. The SMILES string of the molecule is CCCCCCC/C=C/[C@@H]1OC[C@H](C)C[C@H]1O. The summed E-state index contributed by atoms with van der Waals surface area (Å²) in [5.74, 6) is 0.490. The highest BCUT2D eigenvalue weighted by Gasteiger charge is 2.25. The van der Waals surface area contributed by atoms with Gasteiger partial charge >= 0.3 is 0 Å². The summed E-state index contributed by atoms with van der Waals surface area (Å²) in [5.41, 5.74) is 0. The monoisotopic (exact) mass is 240 g/mol. The Labute approximate surface area is 106 Å². The van der Waals surface area contributed by atoms with E-state index in [2.05, 4.69) is 26.0 Å². The highest BCUT2D eigenvalue weighted by atomic mass is 16.5. The molecule has 1 aliphatic heterocycles. The first-order valence-corrected chi connectivity index (χ1v) is 7.20. The van der Waals surface area contributed by atoms with Crippen molar-refractivity contribution in [1.82, 2.24) is 0 Å². The molecule has 3 atom stereocenters. The molecule has 0 aromatic carbocycles. The van der Waals surface area contributed by atoms with E-state index in [9.17, 15) is 5.11 Å². The van der Waals surface area contributed by atoms with Crippen molar-refractivity contribution in [3.63, 3.8) is 0 Å². The summed E-state index contributed by atoms with van der Waals surface area (Å²) in [6.45, 7) is 5.14. The zero-order valence-electron chi connectivity index (χ0n) is 11.4. The fraction of sp³-hybridized carbons (Fsp3) is 0.867. The number of allylic oxidation sites excluding steroid dienone is 1. The number of hydrogen-bond donors (Lipinski definition) is 1. The Kier molecular flexibility index (Phi) is 7.54. The first-order chi connectivity index (χ1) is 8.24. The topological polar surface area (TPSA) is 29.5 Å². The van der Waals surface area contributed by atoms with Gasteiger partial charge in [-0.1, -0.05) is 51.7 Å². The molecule has 0 saturated carbocycles. The maximum atomic E-state index is 9.84. The van der Waals surface area contributed by atoms with E-state index in [0.29, 0.717) is 5.92 Å². The molecule has 0 aromatic rings. The Morgan fingerprint density at radius 1 is 1.24 bits per heavy atom. The summed E-state index contributed by atoms with van der Waals surface area (Å²) in [5, 5.41) is 9.84. The molecule has 2 heteroatoms. The second kappa shape index (κ2) is 8.71. The molecule has 1 fully saturated rings. The van der Waals surface area contributed by atoms with Crippen LogP contribution in [0.15, 0.2) is 12.2 Å². The fourth-order valence-electron chi connectivity index (χ4n) is 2.28. The molecule has 0 amide bonds. The third-order valence-electron chi connectivity index (χ3n) is 3.40. The molecule has 2 nitrogen and oxygen atoms in total. The van der Waals surface area contributed by atoms with E-state index in [1.807, 2.05) is 0 Å². The van der Waals surface area contributed by atoms with Crippen molar-refractivity contribution in [2.75, 3.05) is 6.61 Å². The van der Waals surface area contributed by atoms with Crippen LogP contribution in [0.2, 0.25) is 0 Å². The van der Waals surface area contributed by atoms with Crippen molar-refractivity contribution in [2.24, 2.45) is 5.92 Å². The minimum absolute atomic E-state index is 0.0677. The third-order valence-corrected chi connectivity index (χ3v) is 3.40. The zero-order valence-corrected chi connectivity index (χ0v) is 11.4. The fourth-order valence-corrected chi connectivity index (χ4v) is 2.28. The average molecular weight is 240 g/mol. The lowest BCUT2D eigenvalue weighted by molar-refractivity contribution is -0.0713. The second-order valence-corrected chi connectivity index (χ2v) is 5.34. The van der Waals surface area contributed by atoms with E-state index in [0.717, 1.165) is 19.4 Å². The third kappa shape index (κ3) is 6.23. The van der Waals surface area contributed by atoms with Crippen LogP contribution in [-0.2, 0) is 4.74 Å². The smallest absolute Gasteiger partial charge is 0.101 e. The van der Waals surface area contributed by atoms with Crippen LogP contribution in [0.3, 0.4) is 0 Å². The lowest BCUT2D eigenvalue weighted by atomic mass is 9.97. The van der Waals surface area contributed by atoms with Gasteiger partial charge < -0.3 is 9.84 Å². The van der Waals surface area contributed by atoms with Gasteiger partial charge in [0.25, 0.3) is 0 Å². The van der Waals surface area contributed by atoms with Gasteiger partial charge in [0.1, 0.15) is 6.10 Å². The molecule has 1 rings (SSSR count). The molecule has 1 saturated heterocycles. The molecule has 0 spiro atoms. The zero-order chi connectivity index (χ0) is 12.5. The predicted octanol–water partition coefficient (Wildman–Crippen LogP) is 3.69. The summed E-state index contributed by atoms with van der Waals surface area (Å²) < 4.78 is 5.61. The Hall–Kier alpha value is -0.340. The Bertz CT molecular complexity index is 213. The first-order valence-electron chi connectivity index (χ1n) is 7.20. The van der Waals surface area contributed by atoms with Crippen molar-refractivity contribution in [3.05, 3.63) is 12.2 Å². The van der Waals surface area contributed by atoms with Crippen LogP contribution in [0.4, 0.5) is 0 Å². The van der Waals surface area contributed by atoms with Crippen LogP contribution in [-0.4, -0.2) is 23.9 Å². The molecule has 17 heavy (non-hydrogen) atoms. The molecule has 1 heterocycles. The number of rotatable bonds is 7. The molecule has 1 N–H and O–H groups in total. The van der Waals surface area contributed by atoms with Gasteiger partial charge in [0.2, 0.25) is 0 Å². The quantitative estimate of drug-likeness (QED) is 0.543. The van der Waals surface area contributed by atoms with Crippen LogP contribution in [0.5, 0.6) is 0 Å². The molecular weight excluding hydrogens is 212 g/mol. The van der Waals surface area contributed by atoms with Gasteiger partial charge in [-0.05, 0) is 25.2 Å². The summed E-state index contributed by atoms with van der Waals surface area (Å²) in [6, 6.07) is 0. The number of aliphatic hydroxyl groups is 1. The first kappa shape index (κ1) is 14.7. The standard InChI is InChI=1S/C15H28O2/c1-3-4-5-6-7-8-9-10-15-14(16)11-13(2)12-17-15/h9-10,13-16H,3-8,11-12H2,1-2H3/b10-9+/t13-,14-,15+/m1/s1. The molecule has 0 aliphatic carbocycles. The van der Waals surface area contributed by atoms with Gasteiger partial charge in [-0.3, -0.25) is 0 Å². The predicted molar refractivity (Wildman–Crippen MR) is 72.0 cm³/mol. The van der Waals surface area contributed by atoms with Crippen LogP contribution >= 0.6 is 0 Å². The Morgan fingerprint density at radius 3 is 2.71 bits per heavy atom. The molecular formula is C15H28O2. The molecule has 0 unspecified atom stereocenters. The van der Waals surface area contributed by atoms with Gasteiger partial charge in [-0.15, -0.1) is 0 Å². The van der Waals surface area contributed by atoms with Crippen molar-refractivity contribution in [2.45, 2.75) is 71.0 Å². The average Bonchev–Trinajstić information content (AvgIpc) is 2.30. The van der Waals surface area contributed by atoms with Crippen LogP contribution in [0.1, 0.15) is 58.8 Å². The van der Waals surface area contributed by atoms with Crippen molar-refractivity contribution < 1.29 is 9.84 Å². The number of unbranched alkanes of at least 4 members (excludes halogenated alkanes) is 5. The lowest BCUT2D eigenvalue weighted by Crippen LogP contribution is -2.36. The second-order valence-electron chi connectivity index (χ2n) is 5.34. The van der Waals surface area contributed by atoms with Gasteiger partial charge in [-0.25, -0.2) is 0 Å². The molecule has 0 radical (unpaired) electrons. The van der Waals surface area contributed by atoms with Crippen LogP contribution in [0, 0.1) is 5.92 Å². The van der Waals surface area contributed by atoms with E-state index in [4.69, 9.17) is 4.74 Å². The van der Waals surface area contributed by atoms with E-state index in [1.165, 1.54) is 32.1 Å². The normalized spacial score (nSPS) is 29.9. The number of ether oxygens (including phenoxy) is 1. The van der Waals surface area contributed by atoms with Gasteiger partial charge in [0.05, 0.1) is 12.7 Å². The minimum Gasteiger partial charge on any atom is -0.390 e. The lowest BCUT2D eigenvalue weighted by Gasteiger charge is -2.29. The van der Waals surface area contributed by atoms with Crippen molar-refractivity contribution in [3.8, 4) is 0 Å². The summed E-state index contributed by atoms with van der Waals surface area (Å²) in [6.07, 6.45) is 12.4. The Morgan fingerprint density at radius 2 is 2.00 bits per heavy atom. The van der Waals surface area contributed by atoms with E-state index >= 15 is 0 Å². The van der Waals surface area contributed by atoms with Crippen molar-refractivity contribution >= 4 is 0 Å². The van der Waals surface area contributed by atoms with E-state index in [1.54, 1.807) is 0 Å². The largest absolute Gasteiger partial charge is 0.390 e. The maximum Gasteiger partial charge on any atom is 0.101 e. The van der Waals surface area contributed by atoms with Crippen LogP contribution in [0.25, 0.3) is 0 Å². The van der Waals surface area contributed by atoms with Gasteiger partial charge in [0, 0.05) is 0 Å². The van der Waals surface area contributed by atoms with E-state index < -0.39 is 0 Å². The maximum absolute atomic E-state index is 9.84. The van der Waals surface area contributed by atoms with Crippen LogP contribution < -0.4 is 0 Å². The molecule has 1 aliphatic rings. The highest BCUT2D eigenvalue weighted by molar-refractivity contribution is 4.95. The molecule has 100 valence electrons. The van der Waals surface area contributed by atoms with Gasteiger partial charge in [0.15, 0.2) is 0 Å². The number of aliphatic hydroxyl groups excluding tert-OH is 1. The summed E-state index contributed by atoms with van der Waals surface area (Å²) in [7, 11) is 0.